The molecule has 5 heteroatoms. The number of hydrogen-bond donors (Lipinski definition) is 1. The maximum absolute atomic E-state index is 11.0. The average molecular weight is 239 g/mol. The Morgan fingerprint density at radius 3 is 2.38 bits per heavy atom. The summed E-state index contributed by atoms with van der Waals surface area (Å²) in [6, 6.07) is 1.84. The minimum absolute atomic E-state index is 0.355. The van der Waals surface area contributed by atoms with Crippen LogP contribution in [0.1, 0.15) is 31.2 Å². The molecule has 1 atom stereocenters. The van der Waals surface area contributed by atoms with Crippen LogP contribution in [-0.2, 0) is 14.2 Å². The first kappa shape index (κ1) is 12.9. The summed E-state index contributed by atoms with van der Waals surface area (Å²) in [5.41, 5.74) is 1.61. The molecular formula is C11H17N3OS. The Kier molecular flexibility index (Phi) is 4.21. The number of aryl methyl sites for hydroxylation is 2. The van der Waals surface area contributed by atoms with Gasteiger partial charge in [0.2, 0.25) is 5.16 Å². The molecule has 0 aliphatic rings. The van der Waals surface area contributed by atoms with E-state index in [0.717, 1.165) is 24.2 Å². The van der Waals surface area contributed by atoms with Gasteiger partial charge in [0.05, 0.1) is 0 Å². The van der Waals surface area contributed by atoms with Gasteiger partial charge in [-0.05, 0) is 26.3 Å². The molecule has 1 aromatic heterocycles. The van der Waals surface area contributed by atoms with Crippen LogP contribution in [0.3, 0.4) is 0 Å². The highest BCUT2D eigenvalue weighted by atomic mass is 32.2. The molecule has 1 unspecified atom stereocenters. The molecular weight excluding hydrogens is 222 g/mol. The lowest BCUT2D eigenvalue weighted by molar-refractivity contribution is 0.571. The monoisotopic (exact) mass is 239 g/mol. The van der Waals surface area contributed by atoms with E-state index in [4.69, 9.17) is 4.78 Å². The molecule has 0 radical (unpaired) electrons. The second kappa shape index (κ2) is 5.23. The summed E-state index contributed by atoms with van der Waals surface area (Å²) in [6.07, 6.45) is 1.80. The maximum Gasteiger partial charge on any atom is 0.202 e. The van der Waals surface area contributed by atoms with E-state index in [9.17, 15) is 4.79 Å². The molecule has 1 heterocycles. The predicted octanol–water partition coefficient (Wildman–Crippen LogP) is 2.24. The van der Waals surface area contributed by atoms with Crippen molar-refractivity contribution >= 4 is 14.6 Å². The van der Waals surface area contributed by atoms with Crippen molar-refractivity contribution in [2.24, 2.45) is 0 Å². The van der Waals surface area contributed by atoms with Crippen molar-refractivity contribution in [2.75, 3.05) is 5.75 Å². The number of nitrogens with one attached hydrogen (secondary N) is 1. The molecule has 1 N–H and O–H groups in total. The van der Waals surface area contributed by atoms with E-state index in [1.54, 1.807) is 0 Å². The van der Waals surface area contributed by atoms with Crippen LogP contribution in [0.4, 0.5) is 0 Å². The number of hydrogen-bond acceptors (Lipinski definition) is 4. The van der Waals surface area contributed by atoms with Gasteiger partial charge in [0, 0.05) is 26.6 Å². The largest absolute Gasteiger partial charge is 0.269 e. The highest BCUT2D eigenvalue weighted by Crippen LogP contribution is 2.11. The lowest BCUT2D eigenvalue weighted by Crippen LogP contribution is -2.11. The molecule has 1 rings (SSSR count). The first-order valence-corrected chi connectivity index (χ1v) is 7.09. The number of carbonyl (C=O) groups excluding carboxylic acids is 1. The lowest BCUT2D eigenvalue weighted by Gasteiger charge is -2.09. The molecule has 0 saturated heterocycles. The summed E-state index contributed by atoms with van der Waals surface area (Å²) in [5, 5.41) is 2.21. The zero-order valence-electron chi connectivity index (χ0n) is 9.91. The van der Waals surface area contributed by atoms with Gasteiger partial charge >= 0.3 is 0 Å². The van der Waals surface area contributed by atoms with Crippen LogP contribution in [-0.4, -0.2) is 21.0 Å². The Hall–Kier alpha value is -1.19. The highest BCUT2D eigenvalue weighted by Gasteiger charge is 2.12. The number of unbranched alkanes of at least 4 members (excludes halogenated alkanes) is 1. The SMILES string of the molecule is CCCCS(=N)(=C=O)c1nc(C)cc(C)n1. The molecule has 0 amide bonds. The Morgan fingerprint density at radius 1 is 1.38 bits per heavy atom. The minimum Gasteiger partial charge on any atom is -0.269 e. The van der Waals surface area contributed by atoms with E-state index in [2.05, 4.69) is 9.97 Å². The summed E-state index contributed by atoms with van der Waals surface area (Å²) in [6.45, 7) is 5.73. The third kappa shape index (κ3) is 2.90. The highest BCUT2D eigenvalue weighted by molar-refractivity contribution is 8.01. The summed E-state index contributed by atoms with van der Waals surface area (Å²) < 4.78 is 8.14. The van der Waals surface area contributed by atoms with Crippen molar-refractivity contribution < 1.29 is 4.79 Å². The molecule has 88 valence electrons. The third-order valence-corrected chi connectivity index (χ3v) is 4.21. The zero-order chi connectivity index (χ0) is 12.2. The fraction of sp³-hybridized carbons (Fsp3) is 0.545. The van der Waals surface area contributed by atoms with Crippen LogP contribution in [0.5, 0.6) is 0 Å². The molecule has 0 fully saturated rings. The van der Waals surface area contributed by atoms with Gasteiger partial charge in [0.15, 0.2) is 5.23 Å². The van der Waals surface area contributed by atoms with Crippen LogP contribution in [0.25, 0.3) is 0 Å². The fourth-order valence-electron chi connectivity index (χ4n) is 1.38. The number of aromatic nitrogens is 2. The van der Waals surface area contributed by atoms with E-state index >= 15 is 0 Å². The second-order valence-corrected chi connectivity index (χ2v) is 6.23. The van der Waals surface area contributed by atoms with E-state index in [0.29, 0.717) is 10.9 Å². The third-order valence-electron chi connectivity index (χ3n) is 2.22. The topological polar surface area (TPSA) is 66.7 Å². The van der Waals surface area contributed by atoms with Crippen LogP contribution in [0.2, 0.25) is 0 Å². The van der Waals surface area contributed by atoms with Crippen molar-refractivity contribution in [2.45, 2.75) is 38.8 Å². The molecule has 0 bridgehead atoms. The minimum atomic E-state index is -2.34. The van der Waals surface area contributed by atoms with Crippen LogP contribution < -0.4 is 0 Å². The van der Waals surface area contributed by atoms with Gasteiger partial charge in [-0.3, -0.25) is 4.78 Å². The zero-order valence-corrected chi connectivity index (χ0v) is 10.7. The van der Waals surface area contributed by atoms with Gasteiger partial charge in [-0.2, -0.15) is 0 Å². The second-order valence-electron chi connectivity index (χ2n) is 3.81. The van der Waals surface area contributed by atoms with Crippen LogP contribution in [0.15, 0.2) is 11.2 Å². The normalized spacial score (nSPS) is 14.2. The number of rotatable bonds is 4. The molecule has 16 heavy (non-hydrogen) atoms. The quantitative estimate of drug-likeness (QED) is 0.647. The molecule has 0 aliphatic carbocycles. The molecule has 4 nitrogen and oxygen atoms in total. The summed E-state index contributed by atoms with van der Waals surface area (Å²) in [7, 11) is -2.34. The molecule has 0 saturated carbocycles. The van der Waals surface area contributed by atoms with Gasteiger partial charge in [0.1, 0.15) is 0 Å². The van der Waals surface area contributed by atoms with Gasteiger partial charge in [-0.15, -0.1) is 0 Å². The van der Waals surface area contributed by atoms with E-state index in [1.807, 2.05) is 32.1 Å². The Morgan fingerprint density at radius 2 is 1.94 bits per heavy atom. The summed E-state index contributed by atoms with van der Waals surface area (Å²) >= 11 is 0. The van der Waals surface area contributed by atoms with Crippen molar-refractivity contribution in [1.29, 1.82) is 4.78 Å². The standard InChI is InChI=1S/C11H17N3OS/c1-4-5-6-16(12,8-15)11-13-9(2)7-10(3)14-11/h7,12H,4-6H2,1-3H3. The van der Waals surface area contributed by atoms with Crippen molar-refractivity contribution in [1.82, 2.24) is 9.97 Å². The van der Waals surface area contributed by atoms with Crippen molar-refractivity contribution in [3.8, 4) is 0 Å². The van der Waals surface area contributed by atoms with Gasteiger partial charge < -0.3 is 0 Å². The molecule has 0 aliphatic heterocycles. The Bertz CT molecular complexity index is 492. The van der Waals surface area contributed by atoms with Crippen molar-refractivity contribution in [3.05, 3.63) is 17.5 Å². The van der Waals surface area contributed by atoms with E-state index in [-0.39, 0.29) is 0 Å². The summed E-state index contributed by atoms with van der Waals surface area (Å²) in [4.78, 5) is 19.4. The predicted molar refractivity (Wildman–Crippen MR) is 65.3 cm³/mol. The van der Waals surface area contributed by atoms with Crippen LogP contribution in [0, 0.1) is 18.6 Å². The first-order valence-electron chi connectivity index (χ1n) is 5.28. The lowest BCUT2D eigenvalue weighted by atomic mass is 10.4. The fourth-order valence-corrected chi connectivity index (χ4v) is 3.04. The van der Waals surface area contributed by atoms with Crippen LogP contribution >= 0.6 is 0 Å². The van der Waals surface area contributed by atoms with Gasteiger partial charge in [-0.1, -0.05) is 13.3 Å². The Labute approximate surface area is 96.6 Å². The number of nitrogens with zero attached hydrogens (tertiary/aromatic N) is 2. The van der Waals surface area contributed by atoms with E-state index in [1.165, 1.54) is 0 Å². The first-order chi connectivity index (χ1) is 7.51. The van der Waals surface area contributed by atoms with Gasteiger partial charge in [0.25, 0.3) is 0 Å². The molecule has 1 aromatic rings. The Balaban J connectivity index is 3.24. The summed E-state index contributed by atoms with van der Waals surface area (Å²) in [5.74, 6) is 0.510. The maximum atomic E-state index is 11.0. The van der Waals surface area contributed by atoms with Gasteiger partial charge in [-0.25, -0.2) is 14.8 Å². The molecule has 0 spiro atoms. The van der Waals surface area contributed by atoms with E-state index < -0.39 is 9.41 Å². The molecule has 0 aromatic carbocycles. The van der Waals surface area contributed by atoms with Crippen molar-refractivity contribution in [3.63, 3.8) is 0 Å². The average Bonchev–Trinajstić information content (AvgIpc) is 2.24. The smallest absolute Gasteiger partial charge is 0.202 e.